The molecular weight excluding hydrogens is 354 g/mol. The maximum atomic E-state index is 12.1. The highest BCUT2D eigenvalue weighted by Gasteiger charge is 2.15. The molecule has 1 fully saturated rings. The van der Waals surface area contributed by atoms with Gasteiger partial charge in [-0.25, -0.2) is 0 Å². The van der Waals surface area contributed by atoms with Crippen LogP contribution in [0, 0.1) is 0 Å². The number of likely N-dealkylation sites (N-methyl/N-ethyl adjacent to an activating group) is 1. The first-order chi connectivity index (χ1) is 13.7. The molecule has 1 amide bonds. The lowest BCUT2D eigenvalue weighted by Gasteiger charge is -2.35. The van der Waals surface area contributed by atoms with Crippen molar-refractivity contribution in [3.05, 3.63) is 48.5 Å². The summed E-state index contributed by atoms with van der Waals surface area (Å²) in [7, 11) is 0. The second-order valence-corrected chi connectivity index (χ2v) is 6.71. The lowest BCUT2D eigenvalue weighted by atomic mass is 10.2. The molecule has 0 aliphatic carbocycles. The van der Waals surface area contributed by atoms with Crippen LogP contribution < -0.4 is 19.7 Å². The van der Waals surface area contributed by atoms with Gasteiger partial charge >= 0.3 is 0 Å². The number of amides is 1. The number of nitrogens with one attached hydrogen (secondary N) is 1. The number of ether oxygens (including phenoxy) is 2. The van der Waals surface area contributed by atoms with Crippen molar-refractivity contribution in [1.29, 1.82) is 0 Å². The van der Waals surface area contributed by atoms with Crippen LogP contribution in [0.4, 0.5) is 11.4 Å². The zero-order chi connectivity index (χ0) is 19.8. The van der Waals surface area contributed by atoms with Gasteiger partial charge in [0.1, 0.15) is 11.5 Å². The van der Waals surface area contributed by atoms with Gasteiger partial charge in [-0.05, 0) is 62.0 Å². The molecule has 0 spiro atoms. The normalized spacial score (nSPS) is 14.6. The van der Waals surface area contributed by atoms with Crippen LogP contribution in [0.25, 0.3) is 0 Å². The van der Waals surface area contributed by atoms with Gasteiger partial charge in [0.05, 0.1) is 6.61 Å². The number of hydrogen-bond acceptors (Lipinski definition) is 5. The van der Waals surface area contributed by atoms with Crippen LogP contribution in [-0.2, 0) is 4.79 Å². The smallest absolute Gasteiger partial charge is 0.262 e. The van der Waals surface area contributed by atoms with E-state index < -0.39 is 0 Å². The van der Waals surface area contributed by atoms with Crippen LogP contribution >= 0.6 is 0 Å². The third-order valence-electron chi connectivity index (χ3n) is 4.84. The van der Waals surface area contributed by atoms with E-state index in [0.717, 1.165) is 44.2 Å². The molecule has 150 valence electrons. The van der Waals surface area contributed by atoms with Crippen LogP contribution in [0.3, 0.4) is 0 Å². The van der Waals surface area contributed by atoms with Crippen molar-refractivity contribution >= 4 is 17.3 Å². The first kappa shape index (κ1) is 20.0. The van der Waals surface area contributed by atoms with Gasteiger partial charge in [0.2, 0.25) is 0 Å². The minimum absolute atomic E-state index is 0.0330. The number of anilines is 2. The number of carbonyl (C=O) groups excluding carboxylic acids is 1. The molecular formula is C22H29N3O3. The number of benzene rings is 2. The average Bonchev–Trinajstić information content (AvgIpc) is 2.74. The SMILES string of the molecule is CCOc1ccc(OCC(=O)Nc2ccc(N3CCN(CC)CC3)cc2)cc1. The van der Waals surface area contributed by atoms with E-state index in [2.05, 4.69) is 34.2 Å². The Kier molecular flexibility index (Phi) is 7.14. The fraction of sp³-hybridized carbons (Fsp3) is 0.409. The summed E-state index contributed by atoms with van der Waals surface area (Å²) in [6.45, 7) is 10.1. The number of hydrogen-bond donors (Lipinski definition) is 1. The van der Waals surface area contributed by atoms with Crippen molar-refractivity contribution in [3.8, 4) is 11.5 Å². The summed E-state index contributed by atoms with van der Waals surface area (Å²) in [5.41, 5.74) is 1.97. The molecule has 0 aromatic heterocycles. The summed E-state index contributed by atoms with van der Waals surface area (Å²) in [6, 6.07) is 15.3. The summed E-state index contributed by atoms with van der Waals surface area (Å²) in [5.74, 6) is 1.24. The number of rotatable bonds is 8. The highest BCUT2D eigenvalue weighted by Crippen LogP contribution is 2.20. The zero-order valence-electron chi connectivity index (χ0n) is 16.7. The van der Waals surface area contributed by atoms with Crippen molar-refractivity contribution in [1.82, 2.24) is 4.90 Å². The molecule has 0 bridgehead atoms. The highest BCUT2D eigenvalue weighted by molar-refractivity contribution is 5.92. The van der Waals surface area contributed by atoms with Crippen molar-refractivity contribution in [3.63, 3.8) is 0 Å². The Hall–Kier alpha value is -2.73. The molecule has 0 unspecified atom stereocenters. The second-order valence-electron chi connectivity index (χ2n) is 6.71. The molecule has 1 saturated heterocycles. The molecule has 28 heavy (non-hydrogen) atoms. The monoisotopic (exact) mass is 383 g/mol. The fourth-order valence-corrected chi connectivity index (χ4v) is 3.22. The molecule has 0 atom stereocenters. The summed E-state index contributed by atoms with van der Waals surface area (Å²) in [4.78, 5) is 17.0. The highest BCUT2D eigenvalue weighted by atomic mass is 16.5. The predicted molar refractivity (Wildman–Crippen MR) is 113 cm³/mol. The van der Waals surface area contributed by atoms with Gasteiger partial charge in [-0.2, -0.15) is 0 Å². The molecule has 0 radical (unpaired) electrons. The Morgan fingerprint density at radius 1 is 0.893 bits per heavy atom. The van der Waals surface area contributed by atoms with Crippen LogP contribution in [0.15, 0.2) is 48.5 Å². The molecule has 1 aliphatic heterocycles. The van der Waals surface area contributed by atoms with E-state index in [0.29, 0.717) is 12.4 Å². The molecule has 3 rings (SSSR count). The minimum Gasteiger partial charge on any atom is -0.494 e. The van der Waals surface area contributed by atoms with Gasteiger partial charge in [0.25, 0.3) is 5.91 Å². The first-order valence-corrected chi connectivity index (χ1v) is 9.90. The molecule has 2 aromatic rings. The molecule has 1 N–H and O–H groups in total. The van der Waals surface area contributed by atoms with Gasteiger partial charge in [0.15, 0.2) is 6.61 Å². The van der Waals surface area contributed by atoms with Gasteiger partial charge in [-0.15, -0.1) is 0 Å². The number of carbonyl (C=O) groups is 1. The molecule has 1 aliphatic rings. The zero-order valence-corrected chi connectivity index (χ0v) is 16.7. The maximum Gasteiger partial charge on any atom is 0.262 e. The third kappa shape index (κ3) is 5.63. The lowest BCUT2D eigenvalue weighted by Crippen LogP contribution is -2.46. The van der Waals surface area contributed by atoms with Crippen molar-refractivity contribution in [2.75, 3.05) is 56.2 Å². The number of nitrogens with zero attached hydrogens (tertiary/aromatic N) is 2. The summed E-state index contributed by atoms with van der Waals surface area (Å²) in [6.07, 6.45) is 0. The minimum atomic E-state index is -0.182. The molecule has 2 aromatic carbocycles. The second kappa shape index (κ2) is 9.99. The van der Waals surface area contributed by atoms with Crippen LogP contribution in [0.2, 0.25) is 0 Å². The Balaban J connectivity index is 1.45. The summed E-state index contributed by atoms with van der Waals surface area (Å²) < 4.78 is 10.9. The van der Waals surface area contributed by atoms with Crippen molar-refractivity contribution in [2.45, 2.75) is 13.8 Å². The van der Waals surface area contributed by atoms with E-state index in [9.17, 15) is 4.79 Å². The van der Waals surface area contributed by atoms with E-state index in [4.69, 9.17) is 9.47 Å². The third-order valence-corrected chi connectivity index (χ3v) is 4.84. The van der Waals surface area contributed by atoms with E-state index in [1.807, 2.05) is 31.2 Å². The predicted octanol–water partition coefficient (Wildman–Crippen LogP) is 3.24. The van der Waals surface area contributed by atoms with Crippen LogP contribution in [0.5, 0.6) is 11.5 Å². The quantitative estimate of drug-likeness (QED) is 0.758. The van der Waals surface area contributed by atoms with Crippen LogP contribution in [-0.4, -0.2) is 56.7 Å². The lowest BCUT2D eigenvalue weighted by molar-refractivity contribution is -0.118. The van der Waals surface area contributed by atoms with E-state index >= 15 is 0 Å². The standard InChI is InChI=1S/C22H29N3O3/c1-3-24-13-15-25(16-14-24)19-7-5-18(6-8-19)23-22(26)17-28-21-11-9-20(10-12-21)27-4-2/h5-12H,3-4,13-17H2,1-2H3,(H,23,26). The molecule has 1 heterocycles. The van der Waals surface area contributed by atoms with Gasteiger partial charge < -0.3 is 24.6 Å². The molecule has 6 nitrogen and oxygen atoms in total. The van der Waals surface area contributed by atoms with E-state index in [-0.39, 0.29) is 12.5 Å². The van der Waals surface area contributed by atoms with Gasteiger partial charge in [0, 0.05) is 37.6 Å². The topological polar surface area (TPSA) is 54.0 Å². The van der Waals surface area contributed by atoms with E-state index in [1.54, 1.807) is 12.1 Å². The van der Waals surface area contributed by atoms with Gasteiger partial charge in [-0.1, -0.05) is 6.92 Å². The summed E-state index contributed by atoms with van der Waals surface area (Å²) in [5, 5.41) is 2.87. The van der Waals surface area contributed by atoms with Crippen LogP contribution in [0.1, 0.15) is 13.8 Å². The molecule has 0 saturated carbocycles. The van der Waals surface area contributed by atoms with E-state index in [1.165, 1.54) is 5.69 Å². The van der Waals surface area contributed by atoms with Crippen molar-refractivity contribution in [2.24, 2.45) is 0 Å². The van der Waals surface area contributed by atoms with Crippen molar-refractivity contribution < 1.29 is 14.3 Å². The maximum absolute atomic E-state index is 12.1. The molecule has 6 heteroatoms. The largest absolute Gasteiger partial charge is 0.494 e. The Labute approximate surface area is 167 Å². The summed E-state index contributed by atoms with van der Waals surface area (Å²) >= 11 is 0. The number of piperazine rings is 1. The Morgan fingerprint density at radius 2 is 1.50 bits per heavy atom. The Morgan fingerprint density at radius 3 is 2.07 bits per heavy atom. The van der Waals surface area contributed by atoms with Gasteiger partial charge in [-0.3, -0.25) is 4.79 Å². The first-order valence-electron chi connectivity index (χ1n) is 9.90. The fourth-order valence-electron chi connectivity index (χ4n) is 3.22. The Bertz CT molecular complexity index is 739. The average molecular weight is 383 g/mol.